The number of aromatic amines is 1. The molecular weight excluding hydrogens is 203 g/mol. The van der Waals surface area contributed by atoms with Gasteiger partial charge in [0.1, 0.15) is 5.52 Å². The van der Waals surface area contributed by atoms with E-state index in [2.05, 4.69) is 9.97 Å². The quantitative estimate of drug-likeness (QED) is 0.548. The van der Waals surface area contributed by atoms with E-state index in [9.17, 15) is 5.11 Å². The molecule has 0 unspecified atom stereocenters. The van der Waals surface area contributed by atoms with Gasteiger partial charge >= 0.3 is 51.4 Å². The van der Waals surface area contributed by atoms with E-state index in [1.807, 2.05) is 0 Å². The number of pyridine rings is 1. The van der Waals surface area contributed by atoms with Gasteiger partial charge in [-0.1, -0.05) is 11.6 Å². The van der Waals surface area contributed by atoms with Crippen molar-refractivity contribution in [3.63, 3.8) is 0 Å². The van der Waals surface area contributed by atoms with Gasteiger partial charge in [0.05, 0.1) is 10.5 Å². The Bertz CT molecular complexity index is 406. The van der Waals surface area contributed by atoms with Crippen molar-refractivity contribution in [3.05, 3.63) is 23.5 Å². The van der Waals surface area contributed by atoms with Crippen molar-refractivity contribution in [2.75, 3.05) is 0 Å². The third-order valence-electron chi connectivity index (χ3n) is 1.50. The summed E-state index contributed by atoms with van der Waals surface area (Å²) in [6, 6.07) is 1.67. The fourth-order valence-corrected chi connectivity index (χ4v) is 1.18. The summed E-state index contributed by atoms with van der Waals surface area (Å²) in [6.07, 6.45) is 3.02. The Kier molecular flexibility index (Phi) is 3.57. The number of hydrogen-bond acceptors (Lipinski definition) is 2. The van der Waals surface area contributed by atoms with Crippen LogP contribution in [0.15, 0.2) is 18.5 Å². The molecule has 2 aromatic heterocycles. The summed E-state index contributed by atoms with van der Waals surface area (Å²) in [5.41, 5.74) is 1.18. The number of aromatic nitrogens is 2. The third kappa shape index (κ3) is 1.68. The topological polar surface area (TPSA) is 48.9 Å². The first-order valence-electron chi connectivity index (χ1n) is 3.09. The van der Waals surface area contributed by atoms with Crippen molar-refractivity contribution < 1.29 is 57.9 Å². The SMILES string of the molecule is Oc1c[nH]c2c(Cl)ccnc12.[H-].[K+]. The van der Waals surface area contributed by atoms with Gasteiger partial charge in [-0.05, 0) is 6.07 Å². The van der Waals surface area contributed by atoms with Crippen molar-refractivity contribution in [3.8, 4) is 5.75 Å². The minimum atomic E-state index is 0. The Balaban J connectivity index is 0.000000720. The van der Waals surface area contributed by atoms with Crippen LogP contribution in [0.3, 0.4) is 0 Å². The van der Waals surface area contributed by atoms with E-state index in [4.69, 9.17) is 11.6 Å². The van der Waals surface area contributed by atoms with Gasteiger partial charge in [0.15, 0.2) is 5.75 Å². The van der Waals surface area contributed by atoms with Gasteiger partial charge in [0.25, 0.3) is 0 Å². The molecule has 0 aliphatic heterocycles. The van der Waals surface area contributed by atoms with Gasteiger partial charge in [-0.2, -0.15) is 0 Å². The molecule has 5 heteroatoms. The number of H-pyrrole nitrogens is 1. The molecule has 2 aromatic rings. The summed E-state index contributed by atoms with van der Waals surface area (Å²) in [6.45, 7) is 0. The molecule has 2 rings (SSSR count). The number of nitrogens with one attached hydrogen (secondary N) is 1. The molecule has 0 amide bonds. The van der Waals surface area contributed by atoms with Gasteiger partial charge in [-0.25, -0.2) is 0 Å². The van der Waals surface area contributed by atoms with Gasteiger partial charge in [-0.15, -0.1) is 0 Å². The maximum atomic E-state index is 9.18. The molecule has 0 saturated heterocycles. The van der Waals surface area contributed by atoms with E-state index in [0.717, 1.165) is 0 Å². The van der Waals surface area contributed by atoms with Gasteiger partial charge in [0, 0.05) is 12.4 Å². The Morgan fingerprint density at radius 2 is 2.33 bits per heavy atom. The Morgan fingerprint density at radius 3 is 3.00 bits per heavy atom. The second-order valence-corrected chi connectivity index (χ2v) is 2.60. The van der Waals surface area contributed by atoms with Gasteiger partial charge in [0.2, 0.25) is 0 Å². The molecule has 12 heavy (non-hydrogen) atoms. The molecule has 0 radical (unpaired) electrons. The predicted octanol–water partition coefficient (Wildman–Crippen LogP) is -0.962. The smallest absolute Gasteiger partial charge is 1.00 e. The van der Waals surface area contributed by atoms with Crippen LogP contribution in [0.2, 0.25) is 5.02 Å². The largest absolute Gasteiger partial charge is 1.00 e. The van der Waals surface area contributed by atoms with Crippen LogP contribution in [0.25, 0.3) is 11.0 Å². The number of rotatable bonds is 0. The first kappa shape index (κ1) is 10.5. The first-order chi connectivity index (χ1) is 5.29. The number of hydrogen-bond donors (Lipinski definition) is 2. The number of nitrogens with zero attached hydrogens (tertiary/aromatic N) is 1. The first-order valence-corrected chi connectivity index (χ1v) is 3.47. The second-order valence-electron chi connectivity index (χ2n) is 2.19. The molecule has 0 aliphatic rings. The van der Waals surface area contributed by atoms with Crippen LogP contribution in [0.1, 0.15) is 1.43 Å². The zero-order valence-electron chi connectivity index (χ0n) is 7.50. The van der Waals surface area contributed by atoms with Crippen LogP contribution < -0.4 is 51.4 Å². The van der Waals surface area contributed by atoms with Crippen LogP contribution in [0, 0.1) is 0 Å². The normalized spacial score (nSPS) is 9.75. The standard InChI is InChI=1S/C7H5ClN2O.K.H/c8-4-1-2-9-7-5(11)3-10-6(4)7;;/h1-3,10-11H;;/q;+1;-1. The third-order valence-corrected chi connectivity index (χ3v) is 1.81. The molecule has 0 fully saturated rings. The predicted molar refractivity (Wildman–Crippen MR) is 43.9 cm³/mol. The van der Waals surface area contributed by atoms with E-state index in [-0.39, 0.29) is 58.6 Å². The van der Waals surface area contributed by atoms with Crippen molar-refractivity contribution in [1.29, 1.82) is 0 Å². The van der Waals surface area contributed by atoms with E-state index in [1.165, 1.54) is 6.20 Å². The zero-order valence-corrected chi connectivity index (χ0v) is 10.4. The molecule has 58 valence electrons. The molecular formula is C7H6ClKN2O. The van der Waals surface area contributed by atoms with Crippen LogP contribution >= 0.6 is 11.6 Å². The number of aromatic hydroxyl groups is 1. The van der Waals surface area contributed by atoms with Crippen molar-refractivity contribution >= 4 is 22.6 Å². The summed E-state index contributed by atoms with van der Waals surface area (Å²) in [5.74, 6) is 0.127. The maximum absolute atomic E-state index is 9.18. The average molecular weight is 209 g/mol. The Labute approximate surface area is 118 Å². The molecule has 3 nitrogen and oxygen atoms in total. The number of halogens is 1. The van der Waals surface area contributed by atoms with E-state index in [0.29, 0.717) is 16.1 Å². The molecule has 0 saturated carbocycles. The van der Waals surface area contributed by atoms with Crippen LogP contribution in [0.5, 0.6) is 5.75 Å². The molecule has 0 atom stereocenters. The molecule has 0 aliphatic carbocycles. The summed E-state index contributed by atoms with van der Waals surface area (Å²) in [5, 5.41) is 9.75. The van der Waals surface area contributed by atoms with E-state index < -0.39 is 0 Å². The Hall–Kier alpha value is 0.416. The summed E-state index contributed by atoms with van der Waals surface area (Å²) < 4.78 is 0. The summed E-state index contributed by atoms with van der Waals surface area (Å²) in [7, 11) is 0. The summed E-state index contributed by atoms with van der Waals surface area (Å²) in [4.78, 5) is 6.75. The van der Waals surface area contributed by atoms with Crippen LogP contribution in [0.4, 0.5) is 0 Å². The average Bonchev–Trinajstić information content (AvgIpc) is 2.35. The van der Waals surface area contributed by atoms with E-state index in [1.54, 1.807) is 12.3 Å². The zero-order chi connectivity index (χ0) is 7.84. The number of fused-ring (bicyclic) bond motifs is 1. The monoisotopic (exact) mass is 208 g/mol. The van der Waals surface area contributed by atoms with Crippen molar-refractivity contribution in [1.82, 2.24) is 9.97 Å². The second kappa shape index (κ2) is 4.08. The van der Waals surface area contributed by atoms with E-state index >= 15 is 0 Å². The minimum absolute atomic E-state index is 0. The molecule has 2 heterocycles. The summed E-state index contributed by atoms with van der Waals surface area (Å²) >= 11 is 5.79. The fraction of sp³-hybridized carbons (Fsp3) is 0. The molecule has 0 bridgehead atoms. The minimum Gasteiger partial charge on any atom is -1.00 e. The molecule has 2 N–H and O–H groups in total. The molecule has 0 spiro atoms. The van der Waals surface area contributed by atoms with Crippen LogP contribution in [-0.2, 0) is 0 Å². The van der Waals surface area contributed by atoms with Gasteiger partial charge < -0.3 is 11.5 Å². The molecule has 0 aromatic carbocycles. The Morgan fingerprint density at radius 1 is 1.58 bits per heavy atom. The van der Waals surface area contributed by atoms with Crippen LogP contribution in [-0.4, -0.2) is 15.1 Å². The van der Waals surface area contributed by atoms with Gasteiger partial charge in [-0.3, -0.25) is 4.98 Å². The van der Waals surface area contributed by atoms with Crippen molar-refractivity contribution in [2.45, 2.75) is 0 Å². The fourth-order valence-electron chi connectivity index (χ4n) is 0.979. The van der Waals surface area contributed by atoms with Crippen molar-refractivity contribution in [2.24, 2.45) is 0 Å². The maximum Gasteiger partial charge on any atom is 1.00 e.